The fraction of sp³-hybridized carbons (Fsp3) is 0.0476. The van der Waals surface area contributed by atoms with Gasteiger partial charge in [0.25, 0.3) is 5.82 Å². The summed E-state index contributed by atoms with van der Waals surface area (Å²) >= 11 is 0. The van der Waals surface area contributed by atoms with Gasteiger partial charge in [0.1, 0.15) is 17.7 Å². The van der Waals surface area contributed by atoms with E-state index >= 15 is 0 Å². The van der Waals surface area contributed by atoms with Crippen molar-refractivity contribution in [1.29, 1.82) is 0 Å². The summed E-state index contributed by atoms with van der Waals surface area (Å²) in [6.07, 6.45) is 8.00. The van der Waals surface area contributed by atoms with E-state index in [1.807, 2.05) is 18.6 Å². The Balaban J connectivity index is 1.84. The number of fused-ring (bicyclic) bond motifs is 7. The minimum Gasteiger partial charge on any atom is -0.313 e. The first-order valence-electron chi connectivity index (χ1n) is 8.44. The highest BCUT2D eigenvalue weighted by Crippen LogP contribution is 2.35. The molecule has 0 unspecified atom stereocenters. The van der Waals surface area contributed by atoms with Crippen molar-refractivity contribution in [3.05, 3.63) is 84.9 Å². The molecular formula is C21H15N4+. The molecule has 0 atom stereocenters. The van der Waals surface area contributed by atoms with Gasteiger partial charge in [-0.1, -0.05) is 36.4 Å². The van der Waals surface area contributed by atoms with Gasteiger partial charge in [0.05, 0.1) is 18.0 Å². The number of aromatic nitrogens is 4. The second kappa shape index (κ2) is 4.57. The van der Waals surface area contributed by atoms with Gasteiger partial charge < -0.3 is 4.40 Å². The van der Waals surface area contributed by atoms with Crippen molar-refractivity contribution in [2.45, 2.75) is 6.54 Å². The average molecular weight is 323 g/mol. The van der Waals surface area contributed by atoms with Crippen LogP contribution in [0, 0.1) is 0 Å². The van der Waals surface area contributed by atoms with Crippen molar-refractivity contribution < 1.29 is 4.57 Å². The highest BCUT2D eigenvalue weighted by atomic mass is 15.2. The Bertz CT molecular complexity index is 1260. The van der Waals surface area contributed by atoms with Gasteiger partial charge in [-0.25, -0.2) is 4.57 Å². The molecule has 1 aliphatic heterocycles. The third kappa shape index (κ3) is 1.61. The summed E-state index contributed by atoms with van der Waals surface area (Å²) in [6, 6.07) is 19.3. The van der Waals surface area contributed by atoms with Crippen LogP contribution < -0.4 is 4.57 Å². The summed E-state index contributed by atoms with van der Waals surface area (Å²) in [5, 5.41) is 0. The average Bonchev–Trinajstić information content (AvgIpc) is 3.30. The van der Waals surface area contributed by atoms with Crippen molar-refractivity contribution in [3.63, 3.8) is 0 Å². The van der Waals surface area contributed by atoms with Crippen LogP contribution in [-0.4, -0.2) is 14.0 Å². The second-order valence-electron chi connectivity index (χ2n) is 6.47. The lowest BCUT2D eigenvalue weighted by atomic mass is 10.1. The van der Waals surface area contributed by atoms with Gasteiger partial charge >= 0.3 is 0 Å². The molecule has 0 saturated heterocycles. The third-order valence-electron chi connectivity index (χ3n) is 5.12. The predicted octanol–water partition coefficient (Wildman–Crippen LogP) is 3.59. The molecule has 25 heavy (non-hydrogen) atoms. The molecule has 0 fully saturated rings. The first-order chi connectivity index (χ1) is 12.4. The molecule has 0 bridgehead atoms. The van der Waals surface area contributed by atoms with Crippen molar-refractivity contribution in [2.24, 2.45) is 0 Å². The van der Waals surface area contributed by atoms with E-state index in [9.17, 15) is 0 Å². The van der Waals surface area contributed by atoms with Crippen LogP contribution in [0.4, 0.5) is 0 Å². The van der Waals surface area contributed by atoms with E-state index in [2.05, 4.69) is 79.3 Å². The fourth-order valence-electron chi connectivity index (χ4n) is 4.06. The molecule has 0 aliphatic carbocycles. The van der Waals surface area contributed by atoms with Crippen molar-refractivity contribution in [1.82, 2.24) is 14.0 Å². The van der Waals surface area contributed by atoms with E-state index in [1.54, 1.807) is 0 Å². The van der Waals surface area contributed by atoms with Gasteiger partial charge in [0.2, 0.25) is 5.52 Å². The molecule has 118 valence electrons. The topological polar surface area (TPSA) is 26.1 Å². The fourth-order valence-corrected chi connectivity index (χ4v) is 4.06. The molecule has 6 rings (SSSR count). The number of imidazole rings is 1. The number of hydrogen-bond donors (Lipinski definition) is 0. The quantitative estimate of drug-likeness (QED) is 0.425. The zero-order chi connectivity index (χ0) is 16.4. The summed E-state index contributed by atoms with van der Waals surface area (Å²) in [5.41, 5.74) is 7.43. The SMILES string of the molecule is c1ccc(-n2c3[n+](c4cn5ccncc5c42)Cc2ccccc2-3)cc1. The summed E-state index contributed by atoms with van der Waals surface area (Å²) < 4.78 is 6.95. The van der Waals surface area contributed by atoms with Crippen LogP contribution in [0.25, 0.3) is 33.6 Å². The number of rotatable bonds is 1. The molecule has 2 aromatic carbocycles. The summed E-state index contributed by atoms with van der Waals surface area (Å²) in [6.45, 7) is 0.909. The predicted molar refractivity (Wildman–Crippen MR) is 96.8 cm³/mol. The highest BCUT2D eigenvalue weighted by Gasteiger charge is 2.36. The van der Waals surface area contributed by atoms with Gasteiger partial charge in [-0.2, -0.15) is 4.57 Å². The summed E-state index contributed by atoms with van der Waals surface area (Å²) in [4.78, 5) is 4.35. The van der Waals surface area contributed by atoms with Crippen LogP contribution in [0.1, 0.15) is 5.56 Å². The van der Waals surface area contributed by atoms with Crippen LogP contribution in [-0.2, 0) is 6.54 Å². The van der Waals surface area contributed by atoms with Gasteiger partial charge in [-0.05, 0) is 18.2 Å². The van der Waals surface area contributed by atoms with Gasteiger partial charge in [0, 0.05) is 18.0 Å². The van der Waals surface area contributed by atoms with E-state index in [0.29, 0.717) is 0 Å². The largest absolute Gasteiger partial charge is 0.313 e. The standard InChI is InChI=1S/C21H15N4/c1-2-7-16(8-3-1)25-20-18-12-22-10-11-23(18)14-19(20)24-13-15-6-4-5-9-17(15)21(24)25/h1-12,14H,13H2/q+1. The lowest BCUT2D eigenvalue weighted by molar-refractivity contribution is -0.645. The minimum absolute atomic E-state index is 0.909. The third-order valence-corrected chi connectivity index (χ3v) is 5.12. The zero-order valence-corrected chi connectivity index (χ0v) is 13.5. The van der Waals surface area contributed by atoms with Crippen LogP contribution in [0.15, 0.2) is 79.4 Å². The first-order valence-corrected chi connectivity index (χ1v) is 8.44. The number of hydrogen-bond acceptors (Lipinski definition) is 1. The molecule has 0 saturated carbocycles. The minimum atomic E-state index is 0.909. The normalized spacial score (nSPS) is 12.6. The monoisotopic (exact) mass is 323 g/mol. The Labute approximate surface area is 144 Å². The maximum Gasteiger partial charge on any atom is 0.295 e. The van der Waals surface area contributed by atoms with Crippen molar-refractivity contribution in [2.75, 3.05) is 0 Å². The van der Waals surface area contributed by atoms with Gasteiger partial charge in [-0.3, -0.25) is 4.98 Å². The Morgan fingerprint density at radius 2 is 1.80 bits per heavy atom. The van der Waals surface area contributed by atoms with Crippen LogP contribution >= 0.6 is 0 Å². The van der Waals surface area contributed by atoms with Crippen molar-refractivity contribution >= 4 is 16.6 Å². The van der Waals surface area contributed by atoms with E-state index in [-0.39, 0.29) is 0 Å². The maximum atomic E-state index is 4.35. The number of benzene rings is 2. The molecule has 0 N–H and O–H groups in total. The smallest absolute Gasteiger partial charge is 0.295 e. The summed E-state index contributed by atoms with van der Waals surface area (Å²) in [5.74, 6) is 1.25. The first kappa shape index (κ1) is 13.0. The molecule has 1 aliphatic rings. The van der Waals surface area contributed by atoms with Gasteiger partial charge in [-0.15, -0.1) is 0 Å². The Kier molecular flexibility index (Phi) is 2.37. The lowest BCUT2D eigenvalue weighted by Crippen LogP contribution is -2.31. The Hall–Kier alpha value is -3.40. The molecule has 4 heterocycles. The van der Waals surface area contributed by atoms with Crippen molar-refractivity contribution in [3.8, 4) is 17.1 Å². The molecule has 3 aromatic heterocycles. The molecule has 5 aromatic rings. The summed E-state index contributed by atoms with van der Waals surface area (Å²) in [7, 11) is 0. The number of para-hydroxylation sites is 1. The van der Waals surface area contributed by atoms with E-state index < -0.39 is 0 Å². The van der Waals surface area contributed by atoms with E-state index in [1.165, 1.54) is 33.7 Å². The van der Waals surface area contributed by atoms with E-state index in [4.69, 9.17) is 0 Å². The molecule has 0 spiro atoms. The Morgan fingerprint density at radius 3 is 2.72 bits per heavy atom. The number of nitrogens with zero attached hydrogens (tertiary/aromatic N) is 4. The van der Waals surface area contributed by atoms with Gasteiger partial charge in [0.15, 0.2) is 5.52 Å². The highest BCUT2D eigenvalue weighted by molar-refractivity contribution is 5.94. The Morgan fingerprint density at radius 1 is 0.960 bits per heavy atom. The molecular weight excluding hydrogens is 308 g/mol. The maximum absolute atomic E-state index is 4.35. The molecule has 4 nitrogen and oxygen atoms in total. The zero-order valence-electron chi connectivity index (χ0n) is 13.5. The molecule has 4 heteroatoms. The van der Waals surface area contributed by atoms with Crippen LogP contribution in [0.5, 0.6) is 0 Å². The molecule has 0 amide bonds. The lowest BCUT2D eigenvalue weighted by Gasteiger charge is -2.02. The van der Waals surface area contributed by atoms with Crippen LogP contribution in [0.3, 0.4) is 0 Å². The molecule has 0 radical (unpaired) electrons. The van der Waals surface area contributed by atoms with E-state index in [0.717, 1.165) is 12.1 Å². The second-order valence-corrected chi connectivity index (χ2v) is 6.47. The van der Waals surface area contributed by atoms with Crippen LogP contribution in [0.2, 0.25) is 0 Å².